The third kappa shape index (κ3) is 21.2. The van der Waals surface area contributed by atoms with Crippen molar-refractivity contribution in [3.05, 3.63) is 0 Å². The largest absolute Gasteiger partial charge is 0.748 e. The lowest BCUT2D eigenvalue weighted by Gasteiger charge is -2.50. The Morgan fingerprint density at radius 1 is 0.402 bits per heavy atom. The van der Waals surface area contributed by atoms with Crippen LogP contribution in [0.25, 0.3) is 0 Å². The Morgan fingerprint density at radius 2 is 0.750 bits per heavy atom. The molecule has 8 N–H and O–H groups in total. The lowest BCUT2D eigenvalue weighted by atomic mass is 9.75. The number of hydrogen-bond acceptors (Lipinski definition) is 42. The number of ether oxygens (including phenoxy) is 12. The minimum Gasteiger partial charge on any atom is -0.748 e. The van der Waals surface area contributed by atoms with E-state index >= 15 is 0 Å². The van der Waals surface area contributed by atoms with E-state index in [4.69, 9.17) is 76.4 Å². The highest BCUT2D eigenvalue weighted by atomic mass is 32.3. The first-order valence-electron chi connectivity index (χ1n) is 27.2. The van der Waals surface area contributed by atoms with Gasteiger partial charge in [-0.15, -0.1) is 21.7 Å². The molecule has 0 amide bonds. The van der Waals surface area contributed by atoms with E-state index in [1.54, 1.807) is 0 Å². The summed E-state index contributed by atoms with van der Waals surface area (Å²) in [7, 11) is -4.22. The third-order valence-electron chi connectivity index (χ3n) is 15.8. The summed E-state index contributed by atoms with van der Waals surface area (Å²) in [5, 5.41) is 79.3. The monoisotopic (exact) mass is 1470 g/mol. The molecule has 43 nitrogen and oxygen atoms in total. The average Bonchev–Trinajstić information content (AvgIpc) is 0.787. The van der Waals surface area contributed by atoms with Gasteiger partial charge < -0.3 is 115 Å². The van der Waals surface area contributed by atoms with Crippen molar-refractivity contribution in [2.24, 2.45) is 29.1 Å². The number of aliphatic hydroxyl groups is 7. The summed E-state index contributed by atoms with van der Waals surface area (Å²) < 4.78 is 245. The number of methoxy groups -OCH3 is 1. The zero-order valence-electron chi connectivity index (χ0n) is 49.1. The maximum Gasteiger partial charge on any atom is 0.397 e. The van der Waals surface area contributed by atoms with Crippen LogP contribution in [0.2, 0.25) is 0 Å². The fraction of sp³-hybridized carbons (Fsp3) is 1.00. The molecular weight excluding hydrogens is 1400 g/mol. The SMILES string of the molecule is CO[C@@H]1OC(C)[C@@H](OOS(=O)[O-])[C@](C)(CO[C@@H]2OC(C)[C@@H](OOS(=O)[O-])[C@H](CO[C@@H]3OC(C)[C@@H](OOS(=O)[O-])[C@H](CO[C@@H]4OC(C)[C@@H](OOS(=O)[O-])[C@H](CO[C@@H]5OC(C)[C@@H](OOS(=O)[O-])[C@H](O)C5O)C4O)C3CO[C@@H]3OC(C)[C@@H](O)[C@@H](OS(=O)(=O)O)C3O)C2O)C1O. The molecule has 6 heterocycles. The van der Waals surface area contributed by atoms with Crippen molar-refractivity contribution >= 4 is 67.2 Å². The van der Waals surface area contributed by atoms with Crippen LogP contribution in [0.3, 0.4) is 0 Å². The third-order valence-corrected chi connectivity index (χ3v) is 17.2. The summed E-state index contributed by atoms with van der Waals surface area (Å²) in [5.41, 5.74) is -1.73. The molecule has 6 fully saturated rings. The summed E-state index contributed by atoms with van der Waals surface area (Å²) >= 11 is -16.7. The highest BCUT2D eigenvalue weighted by molar-refractivity contribution is 7.81. The van der Waals surface area contributed by atoms with Gasteiger partial charge in [0.25, 0.3) is 0 Å². The van der Waals surface area contributed by atoms with Crippen LogP contribution in [0, 0.1) is 29.1 Å². The summed E-state index contributed by atoms with van der Waals surface area (Å²) in [6.45, 7) is 5.00. The normalized spacial score (nSPS) is 44.9. The van der Waals surface area contributed by atoms with E-state index in [0.717, 1.165) is 0 Å². The molecule has 49 heteroatoms. The number of rotatable bonds is 33. The fourth-order valence-corrected chi connectivity index (χ4v) is 12.4. The Morgan fingerprint density at radius 3 is 1.21 bits per heavy atom. The Kier molecular flexibility index (Phi) is 31.4. The first-order valence-corrected chi connectivity index (χ1v) is 33.6. The zero-order valence-corrected chi connectivity index (χ0v) is 54.0. The Labute approximate surface area is 536 Å². The molecule has 0 spiro atoms. The van der Waals surface area contributed by atoms with Crippen LogP contribution >= 0.6 is 0 Å². The molecular formula is C43H71O43S6-5. The van der Waals surface area contributed by atoms with Crippen LogP contribution in [0.4, 0.5) is 0 Å². The molecule has 0 bridgehead atoms. The minimum absolute atomic E-state index is 0.683. The maximum absolute atomic E-state index is 12.1. The Balaban J connectivity index is 1.34. The molecule has 6 aliphatic heterocycles. The van der Waals surface area contributed by atoms with Crippen molar-refractivity contribution < 1.29 is 200 Å². The van der Waals surface area contributed by atoms with Crippen LogP contribution in [0.5, 0.6) is 0 Å². The van der Waals surface area contributed by atoms with Crippen LogP contribution in [-0.2, 0) is 174 Å². The first-order chi connectivity index (χ1) is 43.1. The van der Waals surface area contributed by atoms with Crippen molar-refractivity contribution in [2.45, 2.75) is 202 Å². The fourth-order valence-electron chi connectivity index (χ4n) is 11.2. The molecule has 0 radical (unpaired) electrons. The lowest BCUT2D eigenvalue weighted by molar-refractivity contribution is -0.387. The predicted octanol–water partition coefficient (Wildman–Crippen LogP) is -7.08. The van der Waals surface area contributed by atoms with Gasteiger partial charge in [-0.25, -0.2) is 49.7 Å². The Hall–Kier alpha value is -0.740. The Bertz CT molecular complexity index is 2520. The van der Waals surface area contributed by atoms with E-state index in [2.05, 4.69) is 30.7 Å². The van der Waals surface area contributed by atoms with Gasteiger partial charge in [0.05, 0.1) is 75.1 Å². The molecule has 6 saturated heterocycles. The summed E-state index contributed by atoms with van der Waals surface area (Å²) in [6, 6.07) is 0. The van der Waals surface area contributed by atoms with Crippen LogP contribution < -0.4 is 0 Å². The van der Waals surface area contributed by atoms with Crippen molar-refractivity contribution in [1.82, 2.24) is 0 Å². The lowest BCUT2D eigenvalue weighted by Crippen LogP contribution is -2.64. The van der Waals surface area contributed by atoms with Gasteiger partial charge in [0.15, 0.2) is 37.7 Å². The second kappa shape index (κ2) is 36.0. The van der Waals surface area contributed by atoms with Crippen molar-refractivity contribution in [3.8, 4) is 0 Å². The molecule has 17 unspecified atom stereocenters. The highest BCUT2D eigenvalue weighted by Crippen LogP contribution is 2.43. The van der Waals surface area contributed by atoms with Crippen molar-refractivity contribution in [2.75, 3.05) is 40.1 Å². The number of hydrogen-bond donors (Lipinski definition) is 8. The first kappa shape index (κ1) is 80.2. The van der Waals surface area contributed by atoms with Crippen LogP contribution in [0.15, 0.2) is 0 Å². The van der Waals surface area contributed by atoms with Gasteiger partial charge in [-0.1, -0.05) is 6.92 Å². The smallest absolute Gasteiger partial charge is 0.397 e. The number of aliphatic hydroxyl groups excluding tert-OH is 7. The second-order valence-corrected chi connectivity index (χ2v) is 25.6. The van der Waals surface area contributed by atoms with E-state index in [1.165, 1.54) is 55.6 Å². The molecule has 6 rings (SSSR count). The highest BCUT2D eigenvalue weighted by Gasteiger charge is 2.58. The van der Waals surface area contributed by atoms with Gasteiger partial charge in [-0.2, -0.15) is 8.42 Å². The zero-order chi connectivity index (χ0) is 68.4. The molecule has 0 aliphatic carbocycles. The molecule has 0 aromatic carbocycles. The molecule has 35 atom stereocenters. The van der Waals surface area contributed by atoms with Gasteiger partial charge in [0.2, 0.25) is 0 Å². The molecule has 92 heavy (non-hydrogen) atoms. The van der Waals surface area contributed by atoms with E-state index in [0.29, 0.717) is 0 Å². The minimum atomic E-state index is -5.40. The summed E-state index contributed by atoms with van der Waals surface area (Å²) in [5.74, 6) is -6.23. The quantitative estimate of drug-likeness (QED) is 0.0131. The van der Waals surface area contributed by atoms with Gasteiger partial charge in [0.1, 0.15) is 136 Å². The van der Waals surface area contributed by atoms with Crippen LogP contribution in [-0.4, -0.2) is 286 Å². The second-order valence-electron chi connectivity index (χ2n) is 21.8. The van der Waals surface area contributed by atoms with Crippen molar-refractivity contribution in [1.29, 1.82) is 0 Å². The standard InChI is InChI=1S/C43H76O43S6/c1-14-24(44)34(81-92(61,62)63)29(49)41(70-14)67-10-21-20(9-66-38-25(45)23(31(16(3)72-38)77-83-88(53)54)12-68-40-28(48)27(47)33(18(5)74-40)79-85-90(57)58)30(76-82-87(51)52)15(2)71-37(21)65-11-22-26(46)39(73-17(4)32(22)78-84-89(55)56)69-13-43(7)35(50)42(64-8)75-19(6)36(43)80-86-91(59)60/h14-42,44-50H,9-13H2,1-8H3,(H,51,52)(H,53,54)(H,55,56)(H,57,58)(H,59,60)(H,61,62,63)/p-5/t14?,15?,16?,17?,18?,19?,20-,21?,22-,23-,24-,25?,26?,27-,28?,29?,30-,31-,32-,33-,34-,35?,36-,37-,38-,39-,40-,41-,42-,43-/m1/s1. The molecule has 542 valence electrons. The van der Waals surface area contributed by atoms with E-state index in [-0.39, 0.29) is 0 Å². The maximum atomic E-state index is 12.1. The summed E-state index contributed by atoms with van der Waals surface area (Å²) in [6.07, 6.45) is -42.7. The van der Waals surface area contributed by atoms with Crippen LogP contribution in [0.1, 0.15) is 48.5 Å². The van der Waals surface area contributed by atoms with E-state index < -0.39 is 283 Å². The van der Waals surface area contributed by atoms with E-state index in [9.17, 15) is 92.5 Å². The molecule has 0 saturated carbocycles. The van der Waals surface area contributed by atoms with Gasteiger partial charge in [-0.3, -0.25) is 4.55 Å². The van der Waals surface area contributed by atoms with Gasteiger partial charge >= 0.3 is 10.4 Å². The molecule has 6 aliphatic rings. The van der Waals surface area contributed by atoms with Gasteiger partial charge in [-0.05, 0) is 41.5 Å². The summed E-state index contributed by atoms with van der Waals surface area (Å²) in [4.78, 5) is 25.4. The predicted molar refractivity (Wildman–Crippen MR) is 278 cm³/mol. The van der Waals surface area contributed by atoms with Gasteiger partial charge in [0, 0.05) is 30.8 Å². The average molecular weight is 1470 g/mol. The van der Waals surface area contributed by atoms with E-state index in [1.807, 2.05) is 0 Å². The topological polar surface area (TPSA) is 609 Å². The van der Waals surface area contributed by atoms with Crippen molar-refractivity contribution in [3.63, 3.8) is 0 Å². The molecule has 0 aromatic rings. The molecule has 0 aromatic heterocycles.